The van der Waals surface area contributed by atoms with Crippen molar-refractivity contribution in [3.63, 3.8) is 0 Å². The molecule has 0 bridgehead atoms. The summed E-state index contributed by atoms with van der Waals surface area (Å²) in [7, 11) is 1.72. The summed E-state index contributed by atoms with van der Waals surface area (Å²) in [6, 6.07) is 0.214. The fourth-order valence-corrected chi connectivity index (χ4v) is 3.81. The van der Waals surface area contributed by atoms with Gasteiger partial charge in [-0.15, -0.1) is 10.3 Å². The predicted molar refractivity (Wildman–Crippen MR) is 92.6 cm³/mol. The summed E-state index contributed by atoms with van der Waals surface area (Å²) in [5.74, 6) is -0.145. The van der Waals surface area contributed by atoms with Gasteiger partial charge in [-0.25, -0.2) is 9.73 Å². The molecule has 24 heavy (non-hydrogen) atoms. The van der Waals surface area contributed by atoms with Gasteiger partial charge in [0.25, 0.3) is 0 Å². The Kier molecular flexibility index (Phi) is 4.81. The Labute approximate surface area is 145 Å². The van der Waals surface area contributed by atoms with E-state index in [-0.39, 0.29) is 29.7 Å². The number of amides is 2. The molecule has 1 saturated heterocycles. The maximum absolute atomic E-state index is 12.6. The van der Waals surface area contributed by atoms with Gasteiger partial charge in [-0.1, -0.05) is 12.2 Å². The highest BCUT2D eigenvalue weighted by atomic mass is 32.2. The first-order valence-corrected chi connectivity index (χ1v) is 8.80. The number of carbonyl (C=O) groups is 2. The van der Waals surface area contributed by atoms with Crippen molar-refractivity contribution in [2.75, 3.05) is 7.05 Å². The van der Waals surface area contributed by atoms with Gasteiger partial charge >= 0.3 is 0 Å². The van der Waals surface area contributed by atoms with Crippen LogP contribution in [0.15, 0.2) is 28.4 Å². The van der Waals surface area contributed by atoms with E-state index in [1.54, 1.807) is 13.1 Å². The second-order valence-electron chi connectivity index (χ2n) is 6.14. The second kappa shape index (κ2) is 6.86. The molecule has 130 valence electrons. The first-order valence-electron chi connectivity index (χ1n) is 8.03. The third-order valence-corrected chi connectivity index (χ3v) is 4.90. The molecule has 1 aliphatic carbocycles. The van der Waals surface area contributed by atoms with Gasteiger partial charge in [-0.3, -0.25) is 15.0 Å². The summed E-state index contributed by atoms with van der Waals surface area (Å²) in [4.78, 5) is 25.1. The molecule has 3 N–H and O–H groups in total. The predicted octanol–water partition coefficient (Wildman–Crippen LogP) is 0.693. The summed E-state index contributed by atoms with van der Waals surface area (Å²) in [5, 5.41) is 9.60. The maximum Gasteiger partial charge on any atom is 0.247 e. The van der Waals surface area contributed by atoms with E-state index in [4.69, 9.17) is 0 Å². The molecular weight excluding hydrogens is 328 g/mol. The van der Waals surface area contributed by atoms with Crippen LogP contribution in [0.4, 0.5) is 0 Å². The van der Waals surface area contributed by atoms with Crippen LogP contribution in [0.2, 0.25) is 0 Å². The minimum absolute atomic E-state index is 0.112. The van der Waals surface area contributed by atoms with Crippen LogP contribution < -0.4 is 16.2 Å². The first-order chi connectivity index (χ1) is 11.5. The number of allylic oxidation sites excluding steroid dienone is 1. The zero-order chi connectivity index (χ0) is 17.3. The van der Waals surface area contributed by atoms with E-state index in [1.807, 2.05) is 26.0 Å². The van der Waals surface area contributed by atoms with Gasteiger partial charge in [0.15, 0.2) is 5.84 Å². The van der Waals surface area contributed by atoms with E-state index in [2.05, 4.69) is 21.3 Å². The molecule has 2 amide bonds. The molecule has 0 saturated carbocycles. The summed E-state index contributed by atoms with van der Waals surface area (Å²) in [6.45, 7) is 4.03. The highest BCUT2D eigenvalue weighted by molar-refractivity contribution is 8.01. The Morgan fingerprint density at radius 2 is 2.17 bits per heavy atom. The van der Waals surface area contributed by atoms with Gasteiger partial charge in [0.1, 0.15) is 5.03 Å². The molecule has 1 fully saturated rings. The molecule has 3 rings (SSSR count). The molecule has 8 nitrogen and oxygen atoms in total. The highest BCUT2D eigenvalue weighted by Crippen LogP contribution is 2.39. The van der Waals surface area contributed by atoms with Crippen LogP contribution in [0.5, 0.6) is 0 Å². The number of nitrogens with zero attached hydrogens (tertiary/aromatic N) is 3. The van der Waals surface area contributed by atoms with Crippen LogP contribution in [0.25, 0.3) is 0 Å². The number of hydrogen-bond acceptors (Lipinski definition) is 8. The number of amidine groups is 1. The SMILES string of the molecule is CNN1N=C(NC(C)C)C=C(SN2C(=O)C3C=CCCC3C2=O)N1. The lowest BCUT2D eigenvalue weighted by atomic mass is 9.86. The number of hydrazine groups is 2. The molecule has 0 aromatic heterocycles. The van der Waals surface area contributed by atoms with Crippen LogP contribution in [-0.2, 0) is 9.59 Å². The lowest BCUT2D eigenvalue weighted by molar-refractivity contribution is -0.133. The van der Waals surface area contributed by atoms with Gasteiger partial charge < -0.3 is 5.32 Å². The third-order valence-electron chi connectivity index (χ3n) is 3.95. The zero-order valence-corrected chi connectivity index (χ0v) is 14.8. The second-order valence-corrected chi connectivity index (χ2v) is 7.13. The van der Waals surface area contributed by atoms with Gasteiger partial charge in [0, 0.05) is 31.1 Å². The lowest BCUT2D eigenvalue weighted by Gasteiger charge is -2.27. The fourth-order valence-electron chi connectivity index (χ4n) is 2.89. The van der Waals surface area contributed by atoms with Crippen molar-refractivity contribution < 1.29 is 9.59 Å². The molecule has 0 spiro atoms. The van der Waals surface area contributed by atoms with Crippen LogP contribution in [-0.4, -0.2) is 40.3 Å². The molecule has 2 aliphatic heterocycles. The largest absolute Gasteiger partial charge is 0.366 e. The average Bonchev–Trinajstić information content (AvgIpc) is 2.79. The minimum atomic E-state index is -0.315. The van der Waals surface area contributed by atoms with E-state index < -0.39 is 0 Å². The fraction of sp³-hybridized carbons (Fsp3) is 0.533. The lowest BCUT2D eigenvalue weighted by Crippen LogP contribution is -2.47. The van der Waals surface area contributed by atoms with Gasteiger partial charge in [0.2, 0.25) is 11.8 Å². The summed E-state index contributed by atoms with van der Waals surface area (Å²) < 4.78 is 1.27. The number of nitrogens with one attached hydrogen (secondary N) is 3. The molecule has 2 unspecified atom stereocenters. The summed E-state index contributed by atoms with van der Waals surface area (Å²) >= 11 is 1.11. The normalized spacial score (nSPS) is 26.3. The standard InChI is InChI=1S/C15H22N6O2S/c1-9(2)17-12-8-13(19-21(16-3)18-12)24-20-14(22)10-6-4-5-7-11(10)15(20)23/h4,6,8-11,16,19H,5,7H2,1-3H3,(H,17,18). The zero-order valence-electron chi connectivity index (χ0n) is 13.9. The number of carbonyl (C=O) groups excluding carboxylic acids is 2. The van der Waals surface area contributed by atoms with E-state index in [9.17, 15) is 9.59 Å². The summed E-state index contributed by atoms with van der Waals surface area (Å²) in [6.07, 6.45) is 7.22. The first kappa shape index (κ1) is 16.8. The molecule has 9 heteroatoms. The van der Waals surface area contributed by atoms with Crippen molar-refractivity contribution in [1.29, 1.82) is 0 Å². The molecule has 0 aromatic rings. The van der Waals surface area contributed by atoms with Gasteiger partial charge in [0.05, 0.1) is 11.8 Å². The van der Waals surface area contributed by atoms with E-state index >= 15 is 0 Å². The van der Waals surface area contributed by atoms with Crippen molar-refractivity contribution in [2.45, 2.75) is 32.7 Å². The van der Waals surface area contributed by atoms with E-state index in [0.717, 1.165) is 24.8 Å². The van der Waals surface area contributed by atoms with Gasteiger partial charge in [-0.2, -0.15) is 0 Å². The molecule has 0 radical (unpaired) electrons. The van der Waals surface area contributed by atoms with Crippen molar-refractivity contribution in [1.82, 2.24) is 25.7 Å². The molecule has 3 aliphatic rings. The van der Waals surface area contributed by atoms with Crippen LogP contribution in [0.3, 0.4) is 0 Å². The van der Waals surface area contributed by atoms with Gasteiger partial charge in [-0.05, 0) is 26.7 Å². The maximum atomic E-state index is 12.6. The monoisotopic (exact) mass is 350 g/mol. The molecule has 2 heterocycles. The number of imide groups is 1. The molecule has 0 aromatic carbocycles. The molecule has 2 atom stereocenters. The van der Waals surface area contributed by atoms with Crippen LogP contribution in [0, 0.1) is 11.8 Å². The Morgan fingerprint density at radius 3 is 2.83 bits per heavy atom. The highest BCUT2D eigenvalue weighted by Gasteiger charge is 2.47. The Balaban J connectivity index is 1.76. The van der Waals surface area contributed by atoms with Crippen molar-refractivity contribution in [3.05, 3.63) is 23.3 Å². The smallest absolute Gasteiger partial charge is 0.247 e. The topological polar surface area (TPSA) is 89.1 Å². The van der Waals surface area contributed by atoms with Crippen molar-refractivity contribution >= 4 is 29.6 Å². The number of rotatable bonds is 4. The number of hydrogen-bond donors (Lipinski definition) is 3. The van der Waals surface area contributed by atoms with E-state index in [1.165, 1.54) is 9.53 Å². The minimum Gasteiger partial charge on any atom is -0.366 e. The Hall–Kier alpha value is -2.00. The third kappa shape index (κ3) is 3.27. The Bertz CT molecular complexity index is 629. The van der Waals surface area contributed by atoms with Crippen LogP contribution >= 0.6 is 11.9 Å². The molecular formula is C15H22N6O2S. The Morgan fingerprint density at radius 1 is 1.38 bits per heavy atom. The van der Waals surface area contributed by atoms with Crippen molar-refractivity contribution in [2.24, 2.45) is 16.9 Å². The number of fused-ring (bicyclic) bond motifs is 1. The van der Waals surface area contributed by atoms with Crippen LogP contribution in [0.1, 0.15) is 26.7 Å². The van der Waals surface area contributed by atoms with E-state index in [0.29, 0.717) is 10.9 Å². The summed E-state index contributed by atoms with van der Waals surface area (Å²) in [5.41, 5.74) is 5.89. The average molecular weight is 350 g/mol. The quantitative estimate of drug-likeness (QED) is 0.391. The number of hydrazone groups is 1. The van der Waals surface area contributed by atoms with Crippen molar-refractivity contribution in [3.8, 4) is 0 Å².